The van der Waals surface area contributed by atoms with Crippen molar-refractivity contribution in [3.8, 4) is 0 Å². The number of ether oxygens (including phenoxy) is 1. The van der Waals surface area contributed by atoms with Gasteiger partial charge < -0.3 is 10.1 Å². The van der Waals surface area contributed by atoms with Crippen LogP contribution < -0.4 is 5.32 Å². The van der Waals surface area contributed by atoms with E-state index in [2.05, 4.69) is 54.7 Å². The van der Waals surface area contributed by atoms with Gasteiger partial charge >= 0.3 is 6.09 Å². The van der Waals surface area contributed by atoms with Crippen molar-refractivity contribution < 1.29 is 9.53 Å². The molecule has 1 aliphatic rings. The molecule has 3 rings (SSSR count). The van der Waals surface area contributed by atoms with Crippen LogP contribution in [0.5, 0.6) is 0 Å². The van der Waals surface area contributed by atoms with Gasteiger partial charge in [-0.05, 0) is 87.4 Å². The molecule has 0 spiro atoms. The topological polar surface area (TPSA) is 38.3 Å². The highest BCUT2D eigenvalue weighted by Crippen LogP contribution is 2.36. The van der Waals surface area contributed by atoms with Crippen molar-refractivity contribution in [1.82, 2.24) is 5.32 Å². The summed E-state index contributed by atoms with van der Waals surface area (Å²) in [7, 11) is 0. The molecule has 0 aliphatic heterocycles. The largest absolute Gasteiger partial charge is 0.444 e. The fraction of sp³-hybridized carbons (Fsp3) is 0.458. The molecule has 0 saturated heterocycles. The number of alkyl carbamates (subject to hydrolysis) is 1. The Balaban J connectivity index is 1.67. The highest BCUT2D eigenvalue weighted by molar-refractivity contribution is 7.99. The number of nitrogens with one attached hydrogen (secondary N) is 1. The van der Waals surface area contributed by atoms with Crippen LogP contribution in [0.1, 0.15) is 63.1 Å². The summed E-state index contributed by atoms with van der Waals surface area (Å²) >= 11 is 1.83. The molecule has 0 heterocycles. The Bertz CT molecular complexity index is 826. The minimum absolute atomic E-state index is 0.331. The van der Waals surface area contributed by atoms with Crippen LogP contribution in [0, 0.1) is 0 Å². The van der Waals surface area contributed by atoms with E-state index in [4.69, 9.17) is 4.74 Å². The smallest absolute Gasteiger partial charge is 0.407 e. The number of aryl methyl sites for hydroxylation is 2. The van der Waals surface area contributed by atoms with Crippen molar-refractivity contribution in [2.24, 2.45) is 0 Å². The molecule has 0 fully saturated rings. The molecule has 2 aromatic rings. The molecule has 0 aromatic heterocycles. The highest BCUT2D eigenvalue weighted by Gasteiger charge is 2.22. The molecule has 1 N–H and O–H groups in total. The van der Waals surface area contributed by atoms with E-state index in [1.165, 1.54) is 26.5 Å². The van der Waals surface area contributed by atoms with Gasteiger partial charge in [-0.15, -0.1) is 0 Å². The zero-order chi connectivity index (χ0) is 20.1. The van der Waals surface area contributed by atoms with Crippen LogP contribution in [0.15, 0.2) is 52.3 Å². The van der Waals surface area contributed by atoms with E-state index in [1.807, 2.05) is 32.5 Å². The maximum absolute atomic E-state index is 12.0. The van der Waals surface area contributed by atoms with Crippen molar-refractivity contribution in [3.63, 3.8) is 0 Å². The van der Waals surface area contributed by atoms with Gasteiger partial charge in [0.05, 0.1) is 0 Å². The Morgan fingerprint density at radius 3 is 2.71 bits per heavy atom. The fourth-order valence-electron chi connectivity index (χ4n) is 3.65. The number of benzene rings is 2. The van der Waals surface area contributed by atoms with E-state index in [1.54, 1.807) is 0 Å². The normalized spacial score (nSPS) is 16.4. The number of carbonyl (C=O) groups excluding carboxylic acids is 1. The fourth-order valence-corrected chi connectivity index (χ4v) is 4.62. The minimum Gasteiger partial charge on any atom is -0.444 e. The average molecular weight is 398 g/mol. The monoisotopic (exact) mass is 397 g/mol. The summed E-state index contributed by atoms with van der Waals surface area (Å²) in [5, 5.41) is 2.95. The van der Waals surface area contributed by atoms with Gasteiger partial charge in [-0.2, -0.15) is 0 Å². The standard InChI is InChI=1S/C24H31NO2S/c1-5-17-8-6-11-20(14-17)28-21-12-13-22-18(15-21)9-7-10-19(22)16-25-23(26)27-24(2,3)4/h6,8,11-15,19H,5,7,9-10,16H2,1-4H3,(H,25,26)/t19-/m0/s1. The number of carbonyl (C=O) groups is 1. The second-order valence-electron chi connectivity index (χ2n) is 8.44. The van der Waals surface area contributed by atoms with E-state index in [0.717, 1.165) is 25.7 Å². The van der Waals surface area contributed by atoms with E-state index in [0.29, 0.717) is 12.5 Å². The van der Waals surface area contributed by atoms with Crippen molar-refractivity contribution >= 4 is 17.9 Å². The summed E-state index contributed by atoms with van der Waals surface area (Å²) < 4.78 is 5.37. The van der Waals surface area contributed by atoms with Crippen molar-refractivity contribution in [2.45, 2.75) is 74.7 Å². The van der Waals surface area contributed by atoms with Gasteiger partial charge in [0, 0.05) is 22.3 Å². The summed E-state index contributed by atoms with van der Waals surface area (Å²) in [6.07, 6.45) is 4.11. The quantitative estimate of drug-likeness (QED) is 0.639. The lowest BCUT2D eigenvalue weighted by molar-refractivity contribution is 0.0523. The predicted molar refractivity (Wildman–Crippen MR) is 116 cm³/mol. The lowest BCUT2D eigenvalue weighted by Crippen LogP contribution is -2.35. The molecular weight excluding hydrogens is 366 g/mol. The van der Waals surface area contributed by atoms with Crippen LogP contribution in [0.25, 0.3) is 0 Å². The third kappa shape index (κ3) is 5.78. The van der Waals surface area contributed by atoms with E-state index >= 15 is 0 Å². The van der Waals surface area contributed by atoms with Crippen LogP contribution in [0.2, 0.25) is 0 Å². The first kappa shape index (κ1) is 20.8. The molecule has 1 aliphatic carbocycles. The zero-order valence-corrected chi connectivity index (χ0v) is 18.2. The second-order valence-corrected chi connectivity index (χ2v) is 9.58. The second kappa shape index (κ2) is 9.04. The molecule has 150 valence electrons. The van der Waals surface area contributed by atoms with Crippen molar-refractivity contribution in [1.29, 1.82) is 0 Å². The van der Waals surface area contributed by atoms with Gasteiger partial charge in [0.2, 0.25) is 0 Å². The maximum Gasteiger partial charge on any atom is 0.407 e. The summed E-state index contributed by atoms with van der Waals surface area (Å²) in [6.45, 7) is 8.48. The third-order valence-corrected chi connectivity index (χ3v) is 5.97. The minimum atomic E-state index is -0.463. The van der Waals surface area contributed by atoms with Gasteiger partial charge in [0.15, 0.2) is 0 Å². The van der Waals surface area contributed by atoms with Gasteiger partial charge in [0.1, 0.15) is 5.60 Å². The molecule has 28 heavy (non-hydrogen) atoms. The van der Waals surface area contributed by atoms with E-state index in [-0.39, 0.29) is 6.09 Å². The number of rotatable bonds is 5. The summed E-state index contributed by atoms with van der Waals surface area (Å²) in [5.74, 6) is 0.360. The van der Waals surface area contributed by atoms with Crippen LogP contribution >= 0.6 is 11.8 Å². The summed E-state index contributed by atoms with van der Waals surface area (Å²) in [4.78, 5) is 14.6. The molecule has 0 unspecified atom stereocenters. The SMILES string of the molecule is CCc1cccc(Sc2ccc3c(c2)CCC[C@H]3CNC(=O)OC(C)(C)C)c1. The van der Waals surface area contributed by atoms with Gasteiger partial charge in [-0.3, -0.25) is 0 Å². The summed E-state index contributed by atoms with van der Waals surface area (Å²) in [6, 6.07) is 15.6. The molecule has 0 bridgehead atoms. The predicted octanol–water partition coefficient (Wildman–Crippen LogP) is 6.34. The first-order valence-electron chi connectivity index (χ1n) is 10.2. The highest BCUT2D eigenvalue weighted by atomic mass is 32.2. The van der Waals surface area contributed by atoms with Crippen molar-refractivity contribution in [3.05, 3.63) is 59.2 Å². The van der Waals surface area contributed by atoms with Crippen LogP contribution in [0.4, 0.5) is 4.79 Å². The average Bonchev–Trinajstić information content (AvgIpc) is 2.65. The van der Waals surface area contributed by atoms with E-state index in [9.17, 15) is 4.79 Å². The number of amides is 1. The van der Waals surface area contributed by atoms with Crippen LogP contribution in [-0.2, 0) is 17.6 Å². The van der Waals surface area contributed by atoms with Gasteiger partial charge in [0.25, 0.3) is 0 Å². The number of hydrogen-bond donors (Lipinski definition) is 1. The van der Waals surface area contributed by atoms with Crippen LogP contribution in [-0.4, -0.2) is 18.2 Å². The number of fused-ring (bicyclic) bond motifs is 1. The van der Waals surface area contributed by atoms with Crippen LogP contribution in [0.3, 0.4) is 0 Å². The Labute approximate surface area is 173 Å². The van der Waals surface area contributed by atoms with Gasteiger partial charge in [-0.1, -0.05) is 36.9 Å². The lowest BCUT2D eigenvalue weighted by atomic mass is 9.83. The Morgan fingerprint density at radius 1 is 1.18 bits per heavy atom. The molecule has 3 nitrogen and oxygen atoms in total. The molecule has 4 heteroatoms. The first-order valence-corrected chi connectivity index (χ1v) is 11.0. The maximum atomic E-state index is 12.0. The Morgan fingerprint density at radius 2 is 1.96 bits per heavy atom. The number of hydrogen-bond acceptors (Lipinski definition) is 3. The van der Waals surface area contributed by atoms with Crippen molar-refractivity contribution in [2.75, 3.05) is 6.54 Å². The zero-order valence-electron chi connectivity index (χ0n) is 17.4. The Hall–Kier alpha value is -1.94. The molecule has 1 atom stereocenters. The molecular formula is C24H31NO2S. The molecule has 2 aromatic carbocycles. The third-order valence-electron chi connectivity index (χ3n) is 4.99. The molecule has 0 radical (unpaired) electrons. The van der Waals surface area contributed by atoms with Gasteiger partial charge in [-0.25, -0.2) is 4.79 Å². The molecule has 1 amide bonds. The lowest BCUT2D eigenvalue weighted by Gasteiger charge is -2.27. The Kier molecular flexibility index (Phi) is 6.71. The molecule has 0 saturated carbocycles. The van der Waals surface area contributed by atoms with E-state index < -0.39 is 5.60 Å². The summed E-state index contributed by atoms with van der Waals surface area (Å²) in [5.41, 5.74) is 3.69. The first-order chi connectivity index (χ1) is 13.3.